The van der Waals surface area contributed by atoms with Crippen LogP contribution in [0.1, 0.15) is 61.3 Å². The summed E-state index contributed by atoms with van der Waals surface area (Å²) in [5.74, 6) is -0.616. The Bertz CT molecular complexity index is 407. The number of hydrogen-bond acceptors (Lipinski definition) is 6. The third-order valence-electron chi connectivity index (χ3n) is 3.78. The first-order valence-electron chi connectivity index (χ1n) is 8.17. The van der Waals surface area contributed by atoms with E-state index in [1.807, 2.05) is 41.5 Å². The minimum Gasteiger partial charge on any atom is -0.469 e. The smallest absolute Gasteiger partial charge is 0.332 e. The lowest BCUT2D eigenvalue weighted by atomic mass is 9.91. The van der Waals surface area contributed by atoms with E-state index in [9.17, 15) is 14.4 Å². The van der Waals surface area contributed by atoms with E-state index in [0.29, 0.717) is 5.57 Å². The maximum absolute atomic E-state index is 10.8. The zero-order chi connectivity index (χ0) is 20.8. The SMILES string of the molecule is C=C(C)C(=O)OC.CCC(C)(C)C(=O)OC.CCC(C)(C)C(=O)OC. The van der Waals surface area contributed by atoms with Crippen LogP contribution in [0.15, 0.2) is 12.2 Å². The maximum Gasteiger partial charge on any atom is 0.332 e. The van der Waals surface area contributed by atoms with Gasteiger partial charge < -0.3 is 14.2 Å². The molecule has 0 atom stereocenters. The minimum absolute atomic E-state index is 0.134. The predicted octanol–water partition coefficient (Wildman–Crippen LogP) is 3.93. The van der Waals surface area contributed by atoms with E-state index in [2.05, 4.69) is 20.8 Å². The maximum atomic E-state index is 10.8. The van der Waals surface area contributed by atoms with Crippen molar-refractivity contribution in [2.75, 3.05) is 21.3 Å². The van der Waals surface area contributed by atoms with Crippen LogP contribution in [0, 0.1) is 10.8 Å². The monoisotopic (exact) mass is 360 g/mol. The fraction of sp³-hybridized carbons (Fsp3) is 0.737. The lowest BCUT2D eigenvalue weighted by Gasteiger charge is -2.17. The van der Waals surface area contributed by atoms with Gasteiger partial charge in [0, 0.05) is 5.57 Å². The topological polar surface area (TPSA) is 78.9 Å². The Morgan fingerprint density at radius 3 is 1.08 bits per heavy atom. The number of rotatable bonds is 5. The summed E-state index contributed by atoms with van der Waals surface area (Å²) in [4.78, 5) is 31.9. The van der Waals surface area contributed by atoms with Gasteiger partial charge in [0.25, 0.3) is 0 Å². The van der Waals surface area contributed by atoms with E-state index in [4.69, 9.17) is 0 Å². The summed E-state index contributed by atoms with van der Waals surface area (Å²) in [7, 11) is 4.16. The van der Waals surface area contributed by atoms with Crippen molar-refractivity contribution >= 4 is 17.9 Å². The molecule has 0 aromatic rings. The second-order valence-electron chi connectivity index (χ2n) is 6.73. The van der Waals surface area contributed by atoms with E-state index in [1.165, 1.54) is 21.3 Å². The number of methoxy groups -OCH3 is 3. The van der Waals surface area contributed by atoms with Crippen LogP contribution < -0.4 is 0 Å². The summed E-state index contributed by atoms with van der Waals surface area (Å²) in [5.41, 5.74) is -0.189. The van der Waals surface area contributed by atoms with Gasteiger partial charge in [0.15, 0.2) is 0 Å². The van der Waals surface area contributed by atoms with E-state index < -0.39 is 0 Å². The van der Waals surface area contributed by atoms with Gasteiger partial charge in [0.1, 0.15) is 0 Å². The van der Waals surface area contributed by atoms with Gasteiger partial charge in [-0.3, -0.25) is 9.59 Å². The molecule has 148 valence electrons. The van der Waals surface area contributed by atoms with Crippen LogP contribution in [0.4, 0.5) is 0 Å². The highest BCUT2D eigenvalue weighted by Crippen LogP contribution is 2.21. The van der Waals surface area contributed by atoms with Crippen LogP contribution in [-0.2, 0) is 28.6 Å². The van der Waals surface area contributed by atoms with E-state index in [0.717, 1.165) is 12.8 Å². The van der Waals surface area contributed by atoms with Crippen molar-refractivity contribution in [2.24, 2.45) is 10.8 Å². The Hall–Kier alpha value is -1.85. The van der Waals surface area contributed by atoms with Crippen LogP contribution >= 0.6 is 0 Å². The molecular formula is C19H36O6. The predicted molar refractivity (Wildman–Crippen MR) is 99.0 cm³/mol. The highest BCUT2D eigenvalue weighted by atomic mass is 16.5. The Labute approximate surface area is 152 Å². The lowest BCUT2D eigenvalue weighted by molar-refractivity contribution is -0.151. The summed E-state index contributed by atoms with van der Waals surface area (Å²) in [6.07, 6.45) is 1.64. The average Bonchev–Trinajstić information content (AvgIpc) is 2.59. The molecule has 0 amide bonds. The second-order valence-corrected chi connectivity index (χ2v) is 6.73. The first kappa shape index (κ1) is 28.0. The molecule has 0 aliphatic heterocycles. The molecule has 0 aromatic carbocycles. The Morgan fingerprint density at radius 2 is 1.04 bits per heavy atom. The highest BCUT2D eigenvalue weighted by Gasteiger charge is 2.26. The first-order valence-corrected chi connectivity index (χ1v) is 8.17. The zero-order valence-corrected chi connectivity index (χ0v) is 17.6. The Morgan fingerprint density at radius 1 is 0.760 bits per heavy atom. The average molecular weight is 360 g/mol. The van der Waals surface area contributed by atoms with E-state index in [-0.39, 0.29) is 28.7 Å². The summed E-state index contributed by atoms with van der Waals surface area (Å²) in [5, 5.41) is 0. The van der Waals surface area contributed by atoms with Crippen molar-refractivity contribution in [1.82, 2.24) is 0 Å². The molecule has 0 bridgehead atoms. The zero-order valence-electron chi connectivity index (χ0n) is 17.6. The van der Waals surface area contributed by atoms with Gasteiger partial charge in [-0.1, -0.05) is 20.4 Å². The molecule has 6 heteroatoms. The molecule has 0 radical (unpaired) electrons. The third-order valence-corrected chi connectivity index (χ3v) is 3.78. The van der Waals surface area contributed by atoms with Gasteiger partial charge >= 0.3 is 17.9 Å². The van der Waals surface area contributed by atoms with Gasteiger partial charge in [0.05, 0.1) is 32.2 Å². The number of carbonyl (C=O) groups excluding carboxylic acids is 3. The van der Waals surface area contributed by atoms with E-state index >= 15 is 0 Å². The van der Waals surface area contributed by atoms with Crippen molar-refractivity contribution in [3.8, 4) is 0 Å². The molecule has 0 heterocycles. The summed E-state index contributed by atoms with van der Waals surface area (Å²) in [6, 6.07) is 0. The molecule has 0 unspecified atom stereocenters. The molecule has 0 saturated carbocycles. The fourth-order valence-electron chi connectivity index (χ4n) is 1.02. The van der Waals surface area contributed by atoms with Crippen molar-refractivity contribution < 1.29 is 28.6 Å². The van der Waals surface area contributed by atoms with Crippen molar-refractivity contribution in [2.45, 2.75) is 61.3 Å². The Balaban J connectivity index is -0.000000293. The van der Waals surface area contributed by atoms with Crippen molar-refractivity contribution in [3.63, 3.8) is 0 Å². The van der Waals surface area contributed by atoms with Gasteiger partial charge in [-0.2, -0.15) is 0 Å². The highest BCUT2D eigenvalue weighted by molar-refractivity contribution is 5.86. The first-order chi connectivity index (χ1) is 11.3. The molecule has 0 saturated heterocycles. The summed E-state index contributed by atoms with van der Waals surface area (Å²) >= 11 is 0. The minimum atomic E-state index is -0.347. The molecule has 0 aliphatic rings. The standard InChI is InChI=1S/2C7H14O2.C5H8O2/c2*1-5-7(2,3)6(8)9-4;1-4(2)5(6)7-3/h2*5H2,1-4H3;1H2,2-3H3. The molecular weight excluding hydrogens is 324 g/mol. The molecule has 6 nitrogen and oxygen atoms in total. The number of ether oxygens (including phenoxy) is 3. The van der Waals surface area contributed by atoms with Crippen molar-refractivity contribution in [1.29, 1.82) is 0 Å². The van der Waals surface area contributed by atoms with Crippen LogP contribution in [-0.4, -0.2) is 39.2 Å². The lowest BCUT2D eigenvalue weighted by Crippen LogP contribution is -2.24. The molecule has 0 N–H and O–H groups in total. The van der Waals surface area contributed by atoms with E-state index in [1.54, 1.807) is 6.92 Å². The van der Waals surface area contributed by atoms with Gasteiger partial charge in [-0.05, 0) is 47.5 Å². The molecule has 0 aliphatic carbocycles. The normalized spacial score (nSPS) is 10.2. The molecule has 25 heavy (non-hydrogen) atoms. The second kappa shape index (κ2) is 13.4. The van der Waals surface area contributed by atoms with Gasteiger partial charge in [-0.25, -0.2) is 4.79 Å². The molecule has 0 aromatic heterocycles. The number of carbonyl (C=O) groups is 3. The molecule has 0 fully saturated rings. The Kier molecular flexibility index (Phi) is 15.0. The number of esters is 3. The quantitative estimate of drug-likeness (QED) is 0.420. The van der Waals surface area contributed by atoms with Crippen molar-refractivity contribution in [3.05, 3.63) is 12.2 Å². The largest absolute Gasteiger partial charge is 0.469 e. The summed E-state index contributed by atoms with van der Waals surface area (Å²) in [6.45, 7) is 16.4. The van der Waals surface area contributed by atoms with Crippen LogP contribution in [0.5, 0.6) is 0 Å². The summed E-state index contributed by atoms with van der Waals surface area (Å²) < 4.78 is 13.4. The molecule has 0 spiro atoms. The third kappa shape index (κ3) is 13.2. The molecule has 0 rings (SSSR count). The van der Waals surface area contributed by atoms with Gasteiger partial charge in [-0.15, -0.1) is 0 Å². The van der Waals surface area contributed by atoms with Crippen LogP contribution in [0.3, 0.4) is 0 Å². The fourth-order valence-corrected chi connectivity index (χ4v) is 1.02. The van der Waals surface area contributed by atoms with Crippen LogP contribution in [0.2, 0.25) is 0 Å². The van der Waals surface area contributed by atoms with Crippen LogP contribution in [0.25, 0.3) is 0 Å². The number of hydrogen-bond donors (Lipinski definition) is 0. The van der Waals surface area contributed by atoms with Gasteiger partial charge in [0.2, 0.25) is 0 Å².